The molecule has 1 aromatic heterocycles. The van der Waals surface area contributed by atoms with Crippen molar-refractivity contribution in [2.24, 2.45) is 0 Å². The van der Waals surface area contributed by atoms with E-state index in [1.165, 1.54) is 13.4 Å². The van der Waals surface area contributed by atoms with Gasteiger partial charge >= 0.3 is 0 Å². The second-order valence-electron chi connectivity index (χ2n) is 5.94. The Balaban J connectivity index is 1.66. The van der Waals surface area contributed by atoms with Crippen molar-refractivity contribution in [2.45, 2.75) is 5.75 Å². The van der Waals surface area contributed by atoms with Gasteiger partial charge in [0.1, 0.15) is 17.8 Å². The highest BCUT2D eigenvalue weighted by atomic mass is 35.5. The highest BCUT2D eigenvalue weighted by molar-refractivity contribution is 7.91. The molecule has 1 amide bonds. The average molecular weight is 421 g/mol. The molecule has 0 aliphatic rings. The SMILES string of the molecule is COc1ccccc1NC(=O)CS(=O)(=O)Cc1coc(-c2cccc(Cl)c2)n1. The summed E-state index contributed by atoms with van der Waals surface area (Å²) in [5.74, 6) is -1.08. The zero-order valence-electron chi connectivity index (χ0n) is 14.9. The highest BCUT2D eigenvalue weighted by Crippen LogP contribution is 2.24. The van der Waals surface area contributed by atoms with Crippen LogP contribution < -0.4 is 10.1 Å². The van der Waals surface area contributed by atoms with Crippen molar-refractivity contribution < 1.29 is 22.4 Å². The van der Waals surface area contributed by atoms with E-state index < -0.39 is 27.3 Å². The number of nitrogens with zero attached hydrogens (tertiary/aromatic N) is 1. The van der Waals surface area contributed by atoms with Crippen LogP contribution >= 0.6 is 11.6 Å². The van der Waals surface area contributed by atoms with Gasteiger partial charge in [-0.15, -0.1) is 0 Å². The van der Waals surface area contributed by atoms with E-state index in [1.807, 2.05) is 0 Å². The molecule has 0 fully saturated rings. The third-order valence-corrected chi connectivity index (χ3v) is 5.40. The fourth-order valence-electron chi connectivity index (χ4n) is 2.54. The molecule has 0 atom stereocenters. The third kappa shape index (κ3) is 5.11. The molecule has 0 saturated carbocycles. The number of anilines is 1. The van der Waals surface area contributed by atoms with E-state index in [0.717, 1.165) is 0 Å². The van der Waals surface area contributed by atoms with Crippen LogP contribution in [0.15, 0.2) is 59.2 Å². The second kappa shape index (κ2) is 8.45. The Kier molecular flexibility index (Phi) is 6.01. The average Bonchev–Trinajstić information content (AvgIpc) is 3.09. The predicted molar refractivity (Wildman–Crippen MR) is 106 cm³/mol. The minimum Gasteiger partial charge on any atom is -0.495 e. The van der Waals surface area contributed by atoms with Crippen LogP contribution in [-0.4, -0.2) is 32.2 Å². The number of ether oxygens (including phenoxy) is 1. The molecule has 0 saturated heterocycles. The van der Waals surface area contributed by atoms with E-state index in [0.29, 0.717) is 22.0 Å². The molecule has 0 unspecified atom stereocenters. The number of halogens is 1. The first kappa shape index (κ1) is 19.9. The van der Waals surface area contributed by atoms with Crippen molar-refractivity contribution in [3.8, 4) is 17.2 Å². The van der Waals surface area contributed by atoms with Crippen LogP contribution in [0.3, 0.4) is 0 Å². The van der Waals surface area contributed by atoms with Gasteiger partial charge in [-0.05, 0) is 30.3 Å². The Bertz CT molecular complexity index is 1090. The molecule has 0 aliphatic carbocycles. The first-order chi connectivity index (χ1) is 13.4. The summed E-state index contributed by atoms with van der Waals surface area (Å²) in [5.41, 5.74) is 1.24. The number of sulfone groups is 1. The number of benzene rings is 2. The summed E-state index contributed by atoms with van der Waals surface area (Å²) in [7, 11) is -2.29. The van der Waals surface area contributed by atoms with E-state index in [4.69, 9.17) is 20.8 Å². The zero-order valence-corrected chi connectivity index (χ0v) is 16.5. The van der Waals surface area contributed by atoms with Crippen LogP contribution in [0.5, 0.6) is 5.75 Å². The summed E-state index contributed by atoms with van der Waals surface area (Å²) in [4.78, 5) is 16.3. The number of hydrogen-bond donors (Lipinski definition) is 1. The Morgan fingerprint density at radius 2 is 2.00 bits per heavy atom. The van der Waals surface area contributed by atoms with Crippen molar-refractivity contribution in [3.63, 3.8) is 0 Å². The third-order valence-electron chi connectivity index (χ3n) is 3.72. The lowest BCUT2D eigenvalue weighted by molar-refractivity contribution is -0.113. The second-order valence-corrected chi connectivity index (χ2v) is 8.44. The van der Waals surface area contributed by atoms with Crippen LogP contribution in [0.1, 0.15) is 5.69 Å². The molecule has 0 spiro atoms. The first-order valence-corrected chi connectivity index (χ1v) is 10.4. The van der Waals surface area contributed by atoms with E-state index >= 15 is 0 Å². The number of rotatable bonds is 7. The van der Waals surface area contributed by atoms with Crippen molar-refractivity contribution in [1.82, 2.24) is 4.98 Å². The lowest BCUT2D eigenvalue weighted by atomic mass is 10.2. The van der Waals surface area contributed by atoms with Crippen molar-refractivity contribution in [2.75, 3.05) is 18.2 Å². The zero-order chi connectivity index (χ0) is 20.1. The molecule has 146 valence electrons. The molecule has 9 heteroatoms. The van der Waals surface area contributed by atoms with Gasteiger partial charge in [-0.1, -0.05) is 29.8 Å². The molecular formula is C19H17ClN2O5S. The number of oxazole rings is 1. The van der Waals surface area contributed by atoms with Crippen LogP contribution in [0, 0.1) is 0 Å². The van der Waals surface area contributed by atoms with Gasteiger partial charge in [-0.25, -0.2) is 13.4 Å². The molecule has 28 heavy (non-hydrogen) atoms. The maximum absolute atomic E-state index is 12.4. The quantitative estimate of drug-likeness (QED) is 0.627. The molecule has 0 radical (unpaired) electrons. The van der Waals surface area contributed by atoms with Crippen molar-refractivity contribution in [3.05, 3.63) is 65.5 Å². The van der Waals surface area contributed by atoms with Crippen molar-refractivity contribution >= 4 is 33.0 Å². The highest BCUT2D eigenvalue weighted by Gasteiger charge is 2.21. The Hall–Kier alpha value is -2.84. The Morgan fingerprint density at radius 3 is 2.75 bits per heavy atom. The molecule has 3 aromatic rings. The number of carbonyl (C=O) groups is 1. The molecule has 1 N–H and O–H groups in total. The van der Waals surface area contributed by atoms with E-state index in [2.05, 4.69) is 10.3 Å². The number of amides is 1. The van der Waals surface area contributed by atoms with Crippen LogP contribution in [-0.2, 0) is 20.4 Å². The Labute approximate surface area is 167 Å². The van der Waals surface area contributed by atoms with Gasteiger partial charge in [0.15, 0.2) is 9.84 Å². The van der Waals surface area contributed by atoms with Gasteiger partial charge < -0.3 is 14.5 Å². The monoisotopic (exact) mass is 420 g/mol. The molecule has 2 aromatic carbocycles. The van der Waals surface area contributed by atoms with Gasteiger partial charge in [-0.2, -0.15) is 0 Å². The van der Waals surface area contributed by atoms with Gasteiger partial charge in [0.25, 0.3) is 0 Å². The molecule has 0 bridgehead atoms. The number of carbonyl (C=O) groups excluding carboxylic acids is 1. The number of methoxy groups -OCH3 is 1. The molecule has 0 aliphatic heterocycles. The minimum absolute atomic E-state index is 0.208. The number of nitrogens with one attached hydrogen (secondary N) is 1. The molecule has 7 nitrogen and oxygen atoms in total. The van der Waals surface area contributed by atoms with Crippen LogP contribution in [0.25, 0.3) is 11.5 Å². The topological polar surface area (TPSA) is 98.5 Å². The van der Waals surface area contributed by atoms with E-state index in [-0.39, 0.29) is 11.6 Å². The van der Waals surface area contributed by atoms with Crippen LogP contribution in [0.4, 0.5) is 5.69 Å². The first-order valence-electron chi connectivity index (χ1n) is 8.20. The summed E-state index contributed by atoms with van der Waals surface area (Å²) < 4.78 is 35.2. The molecule has 3 rings (SSSR count). The summed E-state index contributed by atoms with van der Waals surface area (Å²) in [6.45, 7) is 0. The fourth-order valence-corrected chi connectivity index (χ4v) is 3.88. The summed E-state index contributed by atoms with van der Waals surface area (Å²) >= 11 is 5.93. The normalized spacial score (nSPS) is 11.2. The number of aromatic nitrogens is 1. The van der Waals surface area contributed by atoms with E-state index in [1.54, 1.807) is 48.5 Å². The maximum atomic E-state index is 12.4. The van der Waals surface area contributed by atoms with Gasteiger partial charge in [0, 0.05) is 10.6 Å². The minimum atomic E-state index is -3.75. The summed E-state index contributed by atoms with van der Waals surface area (Å²) in [5, 5.41) is 3.05. The van der Waals surface area contributed by atoms with Crippen molar-refractivity contribution in [1.29, 1.82) is 0 Å². The van der Waals surface area contributed by atoms with E-state index in [9.17, 15) is 13.2 Å². The predicted octanol–water partition coefficient (Wildman–Crippen LogP) is 3.56. The Morgan fingerprint density at radius 1 is 1.21 bits per heavy atom. The lowest BCUT2D eigenvalue weighted by Crippen LogP contribution is -2.24. The summed E-state index contributed by atoms with van der Waals surface area (Å²) in [6.07, 6.45) is 1.26. The number of para-hydroxylation sites is 2. The van der Waals surface area contributed by atoms with Gasteiger partial charge in [-0.3, -0.25) is 4.79 Å². The molecule has 1 heterocycles. The fraction of sp³-hybridized carbons (Fsp3) is 0.158. The lowest BCUT2D eigenvalue weighted by Gasteiger charge is -2.09. The van der Waals surface area contributed by atoms with Gasteiger partial charge in [0.2, 0.25) is 11.8 Å². The van der Waals surface area contributed by atoms with Crippen LogP contribution in [0.2, 0.25) is 5.02 Å². The smallest absolute Gasteiger partial charge is 0.239 e. The summed E-state index contributed by atoms with van der Waals surface area (Å²) in [6, 6.07) is 13.6. The van der Waals surface area contributed by atoms with Gasteiger partial charge in [0.05, 0.1) is 24.2 Å². The maximum Gasteiger partial charge on any atom is 0.239 e. The number of hydrogen-bond acceptors (Lipinski definition) is 6. The molecular weight excluding hydrogens is 404 g/mol. The largest absolute Gasteiger partial charge is 0.495 e. The standard InChI is InChI=1S/C19H17ClN2O5S/c1-26-17-8-3-2-7-16(17)22-18(23)12-28(24,25)11-15-10-27-19(21-15)13-5-4-6-14(20)9-13/h2-10H,11-12H2,1H3,(H,22,23).